The topological polar surface area (TPSA) is 68.7 Å². The van der Waals surface area contributed by atoms with Crippen molar-refractivity contribution < 1.29 is 4.74 Å². The summed E-state index contributed by atoms with van der Waals surface area (Å²) in [6.07, 6.45) is 0. The number of anilines is 1. The highest BCUT2D eigenvalue weighted by Gasteiger charge is 2.25. The molecule has 0 spiro atoms. The van der Waals surface area contributed by atoms with E-state index < -0.39 is 0 Å². The Kier molecular flexibility index (Phi) is 3.29. The third-order valence-corrected chi connectivity index (χ3v) is 3.52. The fourth-order valence-electron chi connectivity index (χ4n) is 2.16. The quantitative estimate of drug-likeness (QED) is 0.938. The summed E-state index contributed by atoms with van der Waals surface area (Å²) in [6.45, 7) is 6.52. The first kappa shape index (κ1) is 13.5. The summed E-state index contributed by atoms with van der Waals surface area (Å²) in [7, 11) is 0. The summed E-state index contributed by atoms with van der Waals surface area (Å²) < 4.78 is 7.36. The summed E-state index contributed by atoms with van der Waals surface area (Å²) in [5.74, 6) is 1.13. The van der Waals surface area contributed by atoms with E-state index in [1.54, 1.807) is 4.68 Å². The standard InChI is InChI=1S/C15H19N5O/c1-10(2)19-9-21-15(18-19)13-11(3)14(16)20(17-13)12-7-5-4-6-8-12/h4-8,10H,9,16H2,1-3H3. The second-order valence-corrected chi connectivity index (χ2v) is 5.32. The van der Waals surface area contributed by atoms with Gasteiger partial charge in [-0.25, -0.2) is 4.68 Å². The van der Waals surface area contributed by atoms with Gasteiger partial charge in [-0.3, -0.25) is 5.01 Å². The van der Waals surface area contributed by atoms with Gasteiger partial charge in [-0.1, -0.05) is 18.2 Å². The number of benzene rings is 1. The van der Waals surface area contributed by atoms with Gasteiger partial charge in [0.2, 0.25) is 0 Å². The lowest BCUT2D eigenvalue weighted by Crippen LogP contribution is -2.22. The van der Waals surface area contributed by atoms with Crippen LogP contribution in [0.5, 0.6) is 0 Å². The number of rotatable bonds is 3. The molecule has 1 aromatic carbocycles. The van der Waals surface area contributed by atoms with E-state index in [2.05, 4.69) is 24.0 Å². The van der Waals surface area contributed by atoms with Crippen LogP contribution < -0.4 is 5.73 Å². The average Bonchev–Trinajstić information content (AvgIpc) is 3.07. The van der Waals surface area contributed by atoms with Crippen molar-refractivity contribution in [3.05, 3.63) is 41.6 Å². The Morgan fingerprint density at radius 1 is 1.24 bits per heavy atom. The molecule has 21 heavy (non-hydrogen) atoms. The summed E-state index contributed by atoms with van der Waals surface area (Å²) in [5.41, 5.74) is 8.67. The minimum atomic E-state index is 0.288. The molecule has 3 rings (SSSR count). The van der Waals surface area contributed by atoms with Gasteiger partial charge in [-0.2, -0.15) is 5.10 Å². The number of ether oxygens (including phenoxy) is 1. The predicted octanol–water partition coefficient (Wildman–Crippen LogP) is 2.12. The van der Waals surface area contributed by atoms with Crippen LogP contribution in [0.4, 0.5) is 5.82 Å². The molecule has 0 saturated heterocycles. The predicted molar refractivity (Wildman–Crippen MR) is 82.2 cm³/mol. The maximum absolute atomic E-state index is 6.17. The Labute approximate surface area is 123 Å². The monoisotopic (exact) mass is 285 g/mol. The van der Waals surface area contributed by atoms with E-state index in [-0.39, 0.29) is 6.04 Å². The first-order valence-electron chi connectivity index (χ1n) is 6.97. The Morgan fingerprint density at radius 2 is 1.95 bits per heavy atom. The number of para-hydroxylation sites is 1. The zero-order valence-electron chi connectivity index (χ0n) is 12.4. The summed E-state index contributed by atoms with van der Waals surface area (Å²) >= 11 is 0. The molecule has 2 heterocycles. The van der Waals surface area contributed by atoms with Crippen LogP contribution in [0.25, 0.3) is 5.69 Å². The highest BCUT2D eigenvalue weighted by molar-refractivity contribution is 5.95. The third-order valence-electron chi connectivity index (χ3n) is 3.52. The van der Waals surface area contributed by atoms with Gasteiger partial charge in [0.05, 0.1) is 5.69 Å². The van der Waals surface area contributed by atoms with Gasteiger partial charge in [0.25, 0.3) is 5.90 Å². The minimum Gasteiger partial charge on any atom is -0.452 e. The lowest BCUT2D eigenvalue weighted by molar-refractivity contribution is 0.138. The van der Waals surface area contributed by atoms with Crippen molar-refractivity contribution in [2.75, 3.05) is 12.5 Å². The fourth-order valence-corrected chi connectivity index (χ4v) is 2.16. The van der Waals surface area contributed by atoms with Gasteiger partial charge >= 0.3 is 0 Å². The normalized spacial score (nSPS) is 14.5. The van der Waals surface area contributed by atoms with Crippen molar-refractivity contribution in [2.45, 2.75) is 26.8 Å². The number of hydrazone groups is 1. The summed E-state index contributed by atoms with van der Waals surface area (Å²) in [5, 5.41) is 10.9. The Hall–Kier alpha value is -2.50. The minimum absolute atomic E-state index is 0.288. The van der Waals surface area contributed by atoms with E-state index in [0.29, 0.717) is 24.1 Å². The largest absolute Gasteiger partial charge is 0.452 e. The molecule has 0 unspecified atom stereocenters. The molecule has 2 N–H and O–H groups in total. The molecule has 110 valence electrons. The Balaban J connectivity index is 2.01. The summed E-state index contributed by atoms with van der Waals surface area (Å²) in [6, 6.07) is 10.1. The van der Waals surface area contributed by atoms with Crippen LogP contribution in [0, 0.1) is 6.92 Å². The van der Waals surface area contributed by atoms with Crippen molar-refractivity contribution in [1.29, 1.82) is 0 Å². The van der Waals surface area contributed by atoms with E-state index in [0.717, 1.165) is 11.3 Å². The molecule has 6 heteroatoms. The zero-order chi connectivity index (χ0) is 15.0. The molecule has 0 fully saturated rings. The SMILES string of the molecule is Cc1c(C2=NN(C(C)C)CO2)nn(-c2ccccc2)c1N. The van der Waals surface area contributed by atoms with Crippen LogP contribution in [0.2, 0.25) is 0 Å². The second kappa shape index (κ2) is 5.12. The maximum atomic E-state index is 6.17. The molecule has 0 saturated carbocycles. The second-order valence-electron chi connectivity index (χ2n) is 5.32. The third kappa shape index (κ3) is 2.33. The molecule has 0 radical (unpaired) electrons. The van der Waals surface area contributed by atoms with Crippen LogP contribution in [-0.4, -0.2) is 33.5 Å². The average molecular weight is 285 g/mol. The number of hydrogen-bond donors (Lipinski definition) is 1. The smallest absolute Gasteiger partial charge is 0.261 e. The highest BCUT2D eigenvalue weighted by atomic mass is 16.5. The number of hydrogen-bond acceptors (Lipinski definition) is 5. The van der Waals surface area contributed by atoms with Crippen LogP contribution in [-0.2, 0) is 4.74 Å². The molecular formula is C15H19N5O. The fraction of sp³-hybridized carbons (Fsp3) is 0.333. The lowest BCUT2D eigenvalue weighted by Gasteiger charge is -2.14. The van der Waals surface area contributed by atoms with Crippen molar-refractivity contribution in [3.8, 4) is 5.69 Å². The van der Waals surface area contributed by atoms with Crippen LogP contribution >= 0.6 is 0 Å². The summed E-state index contributed by atoms with van der Waals surface area (Å²) in [4.78, 5) is 0. The van der Waals surface area contributed by atoms with Crippen molar-refractivity contribution in [1.82, 2.24) is 14.8 Å². The number of aromatic nitrogens is 2. The zero-order valence-corrected chi connectivity index (χ0v) is 12.4. The molecule has 1 aromatic heterocycles. The van der Waals surface area contributed by atoms with Crippen LogP contribution in [0.1, 0.15) is 25.1 Å². The van der Waals surface area contributed by atoms with Crippen LogP contribution in [0.15, 0.2) is 35.4 Å². The highest BCUT2D eigenvalue weighted by Crippen LogP contribution is 2.23. The molecule has 0 amide bonds. The van der Waals surface area contributed by atoms with Gasteiger partial charge in [-0.15, -0.1) is 5.10 Å². The van der Waals surface area contributed by atoms with Crippen LogP contribution in [0.3, 0.4) is 0 Å². The van der Waals surface area contributed by atoms with Gasteiger partial charge in [0, 0.05) is 11.6 Å². The van der Waals surface area contributed by atoms with Crippen molar-refractivity contribution in [3.63, 3.8) is 0 Å². The van der Waals surface area contributed by atoms with E-state index in [4.69, 9.17) is 10.5 Å². The first-order chi connectivity index (χ1) is 10.1. The molecule has 1 aliphatic heterocycles. The number of nitrogen functional groups attached to an aromatic ring is 1. The molecular weight excluding hydrogens is 266 g/mol. The van der Waals surface area contributed by atoms with Gasteiger partial charge < -0.3 is 10.5 Å². The van der Waals surface area contributed by atoms with Gasteiger partial charge in [0.1, 0.15) is 5.82 Å². The number of nitrogens with zero attached hydrogens (tertiary/aromatic N) is 4. The Morgan fingerprint density at radius 3 is 2.57 bits per heavy atom. The number of nitrogens with two attached hydrogens (primary N) is 1. The Bertz CT molecular complexity index is 675. The molecule has 6 nitrogen and oxygen atoms in total. The van der Waals surface area contributed by atoms with Gasteiger partial charge in [-0.05, 0) is 32.9 Å². The van der Waals surface area contributed by atoms with Gasteiger partial charge in [0.15, 0.2) is 12.4 Å². The molecule has 1 aliphatic rings. The molecule has 0 bridgehead atoms. The van der Waals surface area contributed by atoms with Crippen molar-refractivity contribution in [2.24, 2.45) is 5.10 Å². The lowest BCUT2D eigenvalue weighted by atomic mass is 10.2. The van der Waals surface area contributed by atoms with E-state index >= 15 is 0 Å². The molecule has 2 aromatic rings. The van der Waals surface area contributed by atoms with Crippen molar-refractivity contribution >= 4 is 11.7 Å². The van der Waals surface area contributed by atoms with E-state index in [1.165, 1.54) is 0 Å². The van der Waals surface area contributed by atoms with E-state index in [1.807, 2.05) is 42.3 Å². The maximum Gasteiger partial charge on any atom is 0.261 e. The molecule has 0 atom stereocenters. The molecule has 0 aliphatic carbocycles. The van der Waals surface area contributed by atoms with E-state index in [9.17, 15) is 0 Å². The first-order valence-corrected chi connectivity index (χ1v) is 6.97.